The van der Waals surface area contributed by atoms with Gasteiger partial charge in [0, 0.05) is 23.7 Å². The van der Waals surface area contributed by atoms with E-state index in [1.54, 1.807) is 24.3 Å². The third-order valence-corrected chi connectivity index (χ3v) is 2.27. The van der Waals surface area contributed by atoms with E-state index in [1.165, 1.54) is 0 Å². The molecule has 0 fully saturated rings. The van der Waals surface area contributed by atoms with Crippen molar-refractivity contribution >= 4 is 11.7 Å². The summed E-state index contributed by atoms with van der Waals surface area (Å²) in [4.78, 5) is 11.7. The summed E-state index contributed by atoms with van der Waals surface area (Å²) >= 11 is 0. The number of hydrogen-bond acceptors (Lipinski definition) is 4. The zero-order valence-corrected chi connectivity index (χ0v) is 9.43. The van der Waals surface area contributed by atoms with Gasteiger partial charge in [-0.2, -0.15) is 0 Å². The average Bonchev–Trinajstić information content (AvgIpc) is 2.76. The second kappa shape index (κ2) is 4.69. The van der Waals surface area contributed by atoms with Crippen molar-refractivity contribution in [3.8, 4) is 11.3 Å². The quantitative estimate of drug-likeness (QED) is 0.842. The molecule has 1 aromatic heterocycles. The molecular weight excluding hydrogens is 218 g/mol. The van der Waals surface area contributed by atoms with E-state index in [-0.39, 0.29) is 5.91 Å². The Balaban J connectivity index is 2.31. The lowest BCUT2D eigenvalue weighted by atomic mass is 10.1. The number of carbonyl (C=O) groups excluding carboxylic acids is 1. The fraction of sp³-hybridized carbons (Fsp3) is 0.167. The van der Waals surface area contributed by atoms with Gasteiger partial charge in [-0.05, 0) is 19.1 Å². The van der Waals surface area contributed by atoms with Gasteiger partial charge < -0.3 is 15.6 Å². The lowest BCUT2D eigenvalue weighted by Crippen LogP contribution is -2.22. The minimum atomic E-state index is -0.109. The maximum atomic E-state index is 11.7. The molecule has 17 heavy (non-hydrogen) atoms. The molecular formula is C12H13N3O2. The number of nitrogens with one attached hydrogen (secondary N) is 1. The zero-order valence-electron chi connectivity index (χ0n) is 9.43. The molecule has 5 heteroatoms. The summed E-state index contributed by atoms with van der Waals surface area (Å²) in [5.74, 6) is 0.763. The first-order valence-corrected chi connectivity index (χ1v) is 5.31. The zero-order chi connectivity index (χ0) is 12.3. The van der Waals surface area contributed by atoms with E-state index in [0.717, 1.165) is 5.56 Å². The van der Waals surface area contributed by atoms with Crippen LogP contribution >= 0.6 is 0 Å². The first-order chi connectivity index (χ1) is 8.20. The van der Waals surface area contributed by atoms with E-state index in [1.807, 2.05) is 13.0 Å². The molecule has 0 aliphatic heterocycles. The van der Waals surface area contributed by atoms with E-state index in [2.05, 4.69) is 10.5 Å². The summed E-state index contributed by atoms with van der Waals surface area (Å²) in [5, 5.41) is 6.34. The number of nitrogen functional groups attached to an aromatic ring is 1. The fourth-order valence-electron chi connectivity index (χ4n) is 1.50. The molecule has 0 bridgehead atoms. The molecule has 2 aromatic rings. The predicted octanol–water partition coefficient (Wildman–Crippen LogP) is 1.67. The number of carbonyl (C=O) groups is 1. The summed E-state index contributed by atoms with van der Waals surface area (Å²) in [5.41, 5.74) is 6.84. The van der Waals surface area contributed by atoms with Crippen LogP contribution in [0.5, 0.6) is 0 Å². The van der Waals surface area contributed by atoms with Crippen LogP contribution in [0, 0.1) is 0 Å². The van der Waals surface area contributed by atoms with E-state index in [9.17, 15) is 4.79 Å². The number of nitrogens with two attached hydrogens (primary N) is 1. The van der Waals surface area contributed by atoms with Crippen molar-refractivity contribution in [2.24, 2.45) is 0 Å². The van der Waals surface area contributed by atoms with Crippen LogP contribution in [0.2, 0.25) is 0 Å². The molecule has 0 saturated carbocycles. The number of amides is 1. The molecule has 0 atom stereocenters. The van der Waals surface area contributed by atoms with Crippen molar-refractivity contribution in [2.75, 3.05) is 12.3 Å². The van der Waals surface area contributed by atoms with Crippen LogP contribution in [0.25, 0.3) is 11.3 Å². The van der Waals surface area contributed by atoms with Crippen molar-refractivity contribution in [1.82, 2.24) is 10.5 Å². The van der Waals surface area contributed by atoms with Gasteiger partial charge in [0.15, 0.2) is 11.6 Å². The first kappa shape index (κ1) is 11.2. The van der Waals surface area contributed by atoms with Gasteiger partial charge in [0.2, 0.25) is 0 Å². The predicted molar refractivity (Wildman–Crippen MR) is 64.4 cm³/mol. The third-order valence-electron chi connectivity index (χ3n) is 2.27. The van der Waals surface area contributed by atoms with Gasteiger partial charge in [-0.3, -0.25) is 4.79 Å². The molecule has 0 spiro atoms. The maximum absolute atomic E-state index is 11.7. The van der Waals surface area contributed by atoms with Crippen molar-refractivity contribution in [2.45, 2.75) is 6.92 Å². The van der Waals surface area contributed by atoms with E-state index >= 15 is 0 Å². The summed E-state index contributed by atoms with van der Waals surface area (Å²) in [6, 6.07) is 8.73. The number of nitrogens with zero attached hydrogens (tertiary/aromatic N) is 1. The number of anilines is 1. The molecule has 0 radical (unpaired) electrons. The second-order valence-electron chi connectivity index (χ2n) is 3.56. The van der Waals surface area contributed by atoms with Gasteiger partial charge in [-0.15, -0.1) is 0 Å². The van der Waals surface area contributed by atoms with Gasteiger partial charge in [0.1, 0.15) is 0 Å². The highest BCUT2D eigenvalue weighted by Gasteiger charge is 2.08. The molecule has 0 saturated heterocycles. The Labute approximate surface area is 98.6 Å². The lowest BCUT2D eigenvalue weighted by molar-refractivity contribution is 0.0956. The van der Waals surface area contributed by atoms with E-state index in [0.29, 0.717) is 23.7 Å². The highest BCUT2D eigenvalue weighted by Crippen LogP contribution is 2.22. The van der Waals surface area contributed by atoms with Gasteiger partial charge >= 0.3 is 0 Å². The van der Waals surface area contributed by atoms with Crippen LogP contribution in [0.4, 0.5) is 5.82 Å². The Morgan fingerprint density at radius 1 is 1.47 bits per heavy atom. The monoisotopic (exact) mass is 231 g/mol. The van der Waals surface area contributed by atoms with Gasteiger partial charge in [0.25, 0.3) is 5.91 Å². The topological polar surface area (TPSA) is 81.2 Å². The Morgan fingerprint density at radius 2 is 2.29 bits per heavy atom. The fourth-order valence-corrected chi connectivity index (χ4v) is 1.50. The number of aromatic nitrogens is 1. The number of benzene rings is 1. The molecule has 1 heterocycles. The normalized spacial score (nSPS) is 10.2. The molecule has 1 amide bonds. The van der Waals surface area contributed by atoms with Gasteiger partial charge in [-0.1, -0.05) is 17.3 Å². The third kappa shape index (κ3) is 2.44. The molecule has 2 rings (SSSR count). The molecule has 0 aliphatic rings. The van der Waals surface area contributed by atoms with Crippen LogP contribution in [0.15, 0.2) is 34.9 Å². The summed E-state index contributed by atoms with van der Waals surface area (Å²) < 4.78 is 5.04. The molecule has 1 aromatic carbocycles. The van der Waals surface area contributed by atoms with Gasteiger partial charge in [0.05, 0.1) is 0 Å². The summed E-state index contributed by atoms with van der Waals surface area (Å²) in [6.07, 6.45) is 0. The maximum Gasteiger partial charge on any atom is 0.251 e. The second-order valence-corrected chi connectivity index (χ2v) is 3.56. The van der Waals surface area contributed by atoms with Crippen LogP contribution in [-0.2, 0) is 0 Å². The minimum absolute atomic E-state index is 0.109. The molecule has 0 unspecified atom stereocenters. The lowest BCUT2D eigenvalue weighted by Gasteiger charge is -2.03. The van der Waals surface area contributed by atoms with Crippen molar-refractivity contribution in [3.63, 3.8) is 0 Å². The summed E-state index contributed by atoms with van der Waals surface area (Å²) in [6.45, 7) is 2.47. The van der Waals surface area contributed by atoms with E-state index in [4.69, 9.17) is 10.3 Å². The first-order valence-electron chi connectivity index (χ1n) is 5.31. The molecule has 3 N–H and O–H groups in total. The summed E-state index contributed by atoms with van der Waals surface area (Å²) in [7, 11) is 0. The van der Waals surface area contributed by atoms with Crippen molar-refractivity contribution < 1.29 is 9.32 Å². The van der Waals surface area contributed by atoms with Gasteiger partial charge in [-0.25, -0.2) is 0 Å². The number of rotatable bonds is 3. The van der Waals surface area contributed by atoms with Crippen LogP contribution < -0.4 is 11.1 Å². The SMILES string of the molecule is CCNC(=O)c1cccc(-c2cc(N)no2)c1. The standard InChI is InChI=1S/C12H13N3O2/c1-2-14-12(16)9-5-3-4-8(6-9)10-7-11(13)15-17-10/h3-7H,2H2,1H3,(H2,13,15)(H,14,16). The Bertz CT molecular complexity index is 534. The highest BCUT2D eigenvalue weighted by molar-refractivity contribution is 5.95. The van der Waals surface area contributed by atoms with Crippen LogP contribution in [-0.4, -0.2) is 17.6 Å². The highest BCUT2D eigenvalue weighted by atomic mass is 16.5. The molecule has 0 aliphatic carbocycles. The smallest absolute Gasteiger partial charge is 0.251 e. The minimum Gasteiger partial charge on any atom is -0.381 e. The Kier molecular flexibility index (Phi) is 3.09. The largest absolute Gasteiger partial charge is 0.381 e. The Hall–Kier alpha value is -2.30. The number of hydrogen-bond donors (Lipinski definition) is 2. The molecule has 88 valence electrons. The van der Waals surface area contributed by atoms with Crippen LogP contribution in [0.3, 0.4) is 0 Å². The van der Waals surface area contributed by atoms with Crippen molar-refractivity contribution in [1.29, 1.82) is 0 Å². The molecule has 5 nitrogen and oxygen atoms in total. The van der Waals surface area contributed by atoms with Crippen molar-refractivity contribution in [3.05, 3.63) is 35.9 Å². The van der Waals surface area contributed by atoms with Crippen LogP contribution in [0.1, 0.15) is 17.3 Å². The van der Waals surface area contributed by atoms with E-state index < -0.39 is 0 Å². The Morgan fingerprint density at radius 3 is 2.94 bits per heavy atom. The average molecular weight is 231 g/mol.